The lowest BCUT2D eigenvalue weighted by atomic mass is 9.70. The standard InChI is InChI=1S/C6H10FO3P/c7-11(8)9-4-6(5-10-11)2-1-3-6/h1-5H2. The van der Waals surface area contributed by atoms with Crippen LogP contribution in [0.3, 0.4) is 0 Å². The average Bonchev–Trinajstić information content (AvgIpc) is 1.84. The third-order valence-electron chi connectivity index (χ3n) is 2.46. The molecule has 0 aromatic rings. The van der Waals surface area contributed by atoms with Crippen LogP contribution in [0.2, 0.25) is 0 Å². The van der Waals surface area contributed by atoms with Crippen molar-refractivity contribution in [2.24, 2.45) is 5.41 Å². The highest BCUT2D eigenvalue weighted by Gasteiger charge is 2.46. The molecule has 1 aliphatic carbocycles. The Hall–Kier alpha value is 0.0800. The molecular formula is C6H10FO3P. The third-order valence-corrected chi connectivity index (χ3v) is 3.34. The Kier molecular flexibility index (Phi) is 1.60. The first-order chi connectivity index (χ1) is 5.12. The fourth-order valence-electron chi connectivity index (χ4n) is 1.47. The zero-order valence-corrected chi connectivity index (χ0v) is 6.98. The molecule has 5 heteroatoms. The first-order valence-electron chi connectivity index (χ1n) is 3.71. The highest BCUT2D eigenvalue weighted by atomic mass is 31.2. The van der Waals surface area contributed by atoms with Gasteiger partial charge in [-0.1, -0.05) is 6.42 Å². The molecule has 2 fully saturated rings. The largest absolute Gasteiger partial charge is 0.513 e. The molecule has 1 heterocycles. The van der Waals surface area contributed by atoms with Gasteiger partial charge in [-0.05, 0) is 12.8 Å². The van der Waals surface area contributed by atoms with Gasteiger partial charge in [0.05, 0.1) is 13.2 Å². The van der Waals surface area contributed by atoms with Gasteiger partial charge < -0.3 is 0 Å². The maximum atomic E-state index is 12.5. The highest BCUT2D eigenvalue weighted by Crippen LogP contribution is 2.58. The van der Waals surface area contributed by atoms with E-state index in [1.54, 1.807) is 0 Å². The smallest absolute Gasteiger partial charge is 0.283 e. The minimum absolute atomic E-state index is 0. The second kappa shape index (κ2) is 2.28. The van der Waals surface area contributed by atoms with Gasteiger partial charge >= 0.3 is 7.91 Å². The molecule has 3 nitrogen and oxygen atoms in total. The van der Waals surface area contributed by atoms with E-state index in [0.717, 1.165) is 19.3 Å². The van der Waals surface area contributed by atoms with E-state index in [1.165, 1.54) is 0 Å². The topological polar surface area (TPSA) is 35.5 Å². The molecule has 0 aromatic heterocycles. The molecule has 0 aromatic carbocycles. The summed E-state index contributed by atoms with van der Waals surface area (Å²) in [7, 11) is -4.15. The van der Waals surface area contributed by atoms with Crippen molar-refractivity contribution >= 4 is 7.91 Å². The van der Waals surface area contributed by atoms with E-state index in [9.17, 15) is 8.76 Å². The minimum atomic E-state index is -4.15. The van der Waals surface area contributed by atoms with Crippen LogP contribution in [0.4, 0.5) is 4.20 Å². The van der Waals surface area contributed by atoms with Crippen LogP contribution in [0.15, 0.2) is 0 Å². The van der Waals surface area contributed by atoms with Crippen molar-refractivity contribution < 1.29 is 17.8 Å². The van der Waals surface area contributed by atoms with Gasteiger partial charge in [0, 0.05) is 5.41 Å². The molecule has 0 atom stereocenters. The molecule has 64 valence electrons. The molecule has 2 aliphatic rings. The molecule has 1 saturated carbocycles. The van der Waals surface area contributed by atoms with Crippen molar-refractivity contribution in [1.82, 2.24) is 0 Å². The van der Waals surface area contributed by atoms with Gasteiger partial charge in [-0.25, -0.2) is 4.57 Å². The van der Waals surface area contributed by atoms with E-state index in [4.69, 9.17) is 0 Å². The summed E-state index contributed by atoms with van der Waals surface area (Å²) in [4.78, 5) is 0. The Bertz CT molecular complexity index is 200. The maximum absolute atomic E-state index is 12.5. The maximum Gasteiger partial charge on any atom is 0.513 e. The van der Waals surface area contributed by atoms with Crippen LogP contribution < -0.4 is 0 Å². The monoisotopic (exact) mass is 180 g/mol. The first kappa shape index (κ1) is 7.71. The quantitative estimate of drug-likeness (QED) is 0.536. The SMILES string of the molecule is O=P1(F)OCC2(CCC2)CO1. The highest BCUT2D eigenvalue weighted by molar-refractivity contribution is 7.48. The van der Waals surface area contributed by atoms with Gasteiger partial charge in [-0.3, -0.25) is 9.05 Å². The lowest BCUT2D eigenvalue weighted by Crippen LogP contribution is -2.40. The molecule has 0 amide bonds. The van der Waals surface area contributed by atoms with Gasteiger partial charge in [0.2, 0.25) is 0 Å². The van der Waals surface area contributed by atoms with Crippen molar-refractivity contribution in [2.45, 2.75) is 19.3 Å². The van der Waals surface area contributed by atoms with Crippen LogP contribution >= 0.6 is 7.91 Å². The predicted octanol–water partition coefficient (Wildman–Crippen LogP) is 2.28. The minimum Gasteiger partial charge on any atom is -0.283 e. The fourth-order valence-corrected chi connectivity index (χ4v) is 2.40. The van der Waals surface area contributed by atoms with Crippen molar-refractivity contribution in [3.8, 4) is 0 Å². The molecule has 0 radical (unpaired) electrons. The fraction of sp³-hybridized carbons (Fsp3) is 1.00. The summed E-state index contributed by atoms with van der Waals surface area (Å²) in [5.74, 6) is 0. The van der Waals surface area contributed by atoms with Crippen LogP contribution in [0.5, 0.6) is 0 Å². The molecule has 1 aliphatic heterocycles. The van der Waals surface area contributed by atoms with Gasteiger partial charge in [-0.2, -0.15) is 0 Å². The van der Waals surface area contributed by atoms with Crippen molar-refractivity contribution in [1.29, 1.82) is 0 Å². The first-order valence-corrected chi connectivity index (χ1v) is 5.14. The van der Waals surface area contributed by atoms with Crippen molar-refractivity contribution in [3.05, 3.63) is 0 Å². The van der Waals surface area contributed by atoms with Crippen molar-refractivity contribution in [2.75, 3.05) is 13.2 Å². The van der Waals surface area contributed by atoms with Crippen LogP contribution in [-0.2, 0) is 13.6 Å². The molecule has 0 N–H and O–H groups in total. The van der Waals surface area contributed by atoms with E-state index < -0.39 is 7.91 Å². The average molecular weight is 180 g/mol. The van der Waals surface area contributed by atoms with E-state index in [0.29, 0.717) is 0 Å². The number of halogens is 1. The Morgan fingerprint density at radius 3 is 2.18 bits per heavy atom. The van der Waals surface area contributed by atoms with E-state index in [1.807, 2.05) is 0 Å². The number of hydrogen-bond acceptors (Lipinski definition) is 3. The molecule has 0 bridgehead atoms. The number of hydrogen-bond donors (Lipinski definition) is 0. The molecule has 1 saturated heterocycles. The summed E-state index contributed by atoms with van der Waals surface area (Å²) >= 11 is 0. The summed E-state index contributed by atoms with van der Waals surface area (Å²) in [5.41, 5.74) is 0. The lowest BCUT2D eigenvalue weighted by molar-refractivity contribution is -0.0447. The Balaban J connectivity index is 1.99. The van der Waals surface area contributed by atoms with Crippen LogP contribution in [0.1, 0.15) is 19.3 Å². The van der Waals surface area contributed by atoms with E-state index in [-0.39, 0.29) is 18.6 Å². The second-order valence-electron chi connectivity index (χ2n) is 3.33. The Labute approximate surface area is 64.5 Å². The summed E-state index contributed by atoms with van der Waals surface area (Å²) in [6.07, 6.45) is 3.16. The third kappa shape index (κ3) is 1.35. The summed E-state index contributed by atoms with van der Waals surface area (Å²) in [6, 6.07) is 0. The normalized spacial score (nSPS) is 33.2. The van der Waals surface area contributed by atoms with Gasteiger partial charge in [0.25, 0.3) is 0 Å². The zero-order chi connectivity index (χ0) is 7.95. The summed E-state index contributed by atoms with van der Waals surface area (Å²) in [5, 5.41) is 0. The molecule has 0 unspecified atom stereocenters. The zero-order valence-electron chi connectivity index (χ0n) is 6.09. The van der Waals surface area contributed by atoms with E-state index >= 15 is 0 Å². The Morgan fingerprint density at radius 1 is 1.27 bits per heavy atom. The second-order valence-corrected chi connectivity index (χ2v) is 4.71. The Morgan fingerprint density at radius 2 is 1.82 bits per heavy atom. The van der Waals surface area contributed by atoms with Crippen LogP contribution in [0.25, 0.3) is 0 Å². The van der Waals surface area contributed by atoms with Gasteiger partial charge in [0.15, 0.2) is 0 Å². The predicted molar refractivity (Wildman–Crippen MR) is 36.9 cm³/mol. The molecular weight excluding hydrogens is 170 g/mol. The van der Waals surface area contributed by atoms with Crippen molar-refractivity contribution in [3.63, 3.8) is 0 Å². The number of rotatable bonds is 0. The van der Waals surface area contributed by atoms with E-state index in [2.05, 4.69) is 9.05 Å². The summed E-state index contributed by atoms with van der Waals surface area (Å²) in [6.45, 7) is 0.529. The molecule has 1 spiro atoms. The molecule has 11 heavy (non-hydrogen) atoms. The summed E-state index contributed by atoms with van der Waals surface area (Å²) < 4.78 is 32.0. The lowest BCUT2D eigenvalue weighted by Gasteiger charge is -2.43. The van der Waals surface area contributed by atoms with Crippen LogP contribution in [0, 0.1) is 5.41 Å². The van der Waals surface area contributed by atoms with Gasteiger partial charge in [0.1, 0.15) is 0 Å². The molecule has 2 rings (SSSR count). The van der Waals surface area contributed by atoms with Crippen LogP contribution in [-0.4, -0.2) is 13.2 Å². The van der Waals surface area contributed by atoms with Gasteiger partial charge in [-0.15, -0.1) is 4.20 Å².